The van der Waals surface area contributed by atoms with Gasteiger partial charge in [0, 0.05) is 29.2 Å². The van der Waals surface area contributed by atoms with Gasteiger partial charge in [-0.25, -0.2) is 13.1 Å². The van der Waals surface area contributed by atoms with Gasteiger partial charge in [-0.2, -0.15) is 0 Å². The van der Waals surface area contributed by atoms with E-state index in [1.807, 2.05) is 19.9 Å². The van der Waals surface area contributed by atoms with E-state index in [2.05, 4.69) is 14.9 Å². The molecule has 2 atom stereocenters. The quantitative estimate of drug-likeness (QED) is 0.713. The molecule has 2 aromatic heterocycles. The van der Waals surface area contributed by atoms with Crippen molar-refractivity contribution in [3.05, 3.63) is 41.9 Å². The van der Waals surface area contributed by atoms with Crippen molar-refractivity contribution in [3.8, 4) is 11.1 Å². The molecule has 0 saturated heterocycles. The number of sulfonamides is 1. The van der Waals surface area contributed by atoms with Gasteiger partial charge in [-0.05, 0) is 56.5 Å². The average Bonchev–Trinajstić information content (AvgIpc) is 3.18. The second kappa shape index (κ2) is 6.70. The van der Waals surface area contributed by atoms with Crippen molar-refractivity contribution in [1.82, 2.24) is 14.9 Å². The topological polar surface area (TPSA) is 111 Å². The molecule has 1 saturated carbocycles. The molecule has 1 aliphatic carbocycles. The van der Waals surface area contributed by atoms with Crippen LogP contribution < -0.4 is 10.5 Å². The van der Waals surface area contributed by atoms with Crippen LogP contribution in [-0.2, 0) is 10.0 Å². The number of hydrogen-bond acceptors (Lipinski definition) is 6. The Morgan fingerprint density at radius 3 is 2.74 bits per heavy atom. The Hall–Kier alpha value is -2.29. The molecule has 0 aliphatic heterocycles. The van der Waals surface area contributed by atoms with Crippen LogP contribution in [-0.4, -0.2) is 30.6 Å². The SMILES string of the molecule is Cc1noc(C)c1-c1cc(S(=O)(=O)N[C@@H]2CCC[C@H]2N)c2cccnc2c1. The lowest BCUT2D eigenvalue weighted by molar-refractivity contribution is 0.393. The van der Waals surface area contributed by atoms with E-state index < -0.39 is 10.0 Å². The van der Waals surface area contributed by atoms with Crippen LogP contribution in [0.25, 0.3) is 22.0 Å². The molecule has 0 radical (unpaired) electrons. The first kappa shape index (κ1) is 18.1. The van der Waals surface area contributed by atoms with Gasteiger partial charge in [0.1, 0.15) is 5.76 Å². The number of nitrogens with zero attached hydrogens (tertiary/aromatic N) is 2. The smallest absolute Gasteiger partial charge is 0.241 e. The van der Waals surface area contributed by atoms with Crippen molar-refractivity contribution in [2.75, 3.05) is 0 Å². The summed E-state index contributed by atoms with van der Waals surface area (Å²) in [5.74, 6) is 0.636. The maximum atomic E-state index is 13.2. The first-order valence-electron chi connectivity index (χ1n) is 8.97. The van der Waals surface area contributed by atoms with Crippen molar-refractivity contribution in [1.29, 1.82) is 0 Å². The van der Waals surface area contributed by atoms with Crippen LogP contribution in [0.2, 0.25) is 0 Å². The van der Waals surface area contributed by atoms with Crippen molar-refractivity contribution < 1.29 is 12.9 Å². The molecule has 0 spiro atoms. The fraction of sp³-hybridized carbons (Fsp3) is 0.368. The minimum atomic E-state index is -3.76. The molecule has 142 valence electrons. The van der Waals surface area contributed by atoms with E-state index in [4.69, 9.17) is 10.3 Å². The Balaban J connectivity index is 1.89. The van der Waals surface area contributed by atoms with E-state index in [0.29, 0.717) is 27.9 Å². The number of nitrogens with one attached hydrogen (secondary N) is 1. The van der Waals surface area contributed by atoms with Crippen LogP contribution >= 0.6 is 0 Å². The summed E-state index contributed by atoms with van der Waals surface area (Å²) < 4.78 is 34.5. The zero-order valence-electron chi connectivity index (χ0n) is 15.3. The highest BCUT2D eigenvalue weighted by atomic mass is 32.2. The summed E-state index contributed by atoms with van der Waals surface area (Å²) >= 11 is 0. The monoisotopic (exact) mass is 386 g/mol. The molecule has 0 unspecified atom stereocenters. The van der Waals surface area contributed by atoms with E-state index in [0.717, 1.165) is 24.8 Å². The van der Waals surface area contributed by atoms with E-state index in [9.17, 15) is 8.42 Å². The maximum Gasteiger partial charge on any atom is 0.241 e. The molecule has 0 amide bonds. The van der Waals surface area contributed by atoms with Crippen LogP contribution in [0, 0.1) is 13.8 Å². The summed E-state index contributed by atoms with van der Waals surface area (Å²) in [6.07, 6.45) is 4.15. The number of benzene rings is 1. The molecular formula is C19H22N4O3S. The Bertz CT molecular complexity index is 1090. The molecule has 2 heterocycles. The Labute approximate surface area is 158 Å². The van der Waals surface area contributed by atoms with Gasteiger partial charge in [-0.15, -0.1) is 0 Å². The number of hydrogen-bond donors (Lipinski definition) is 2. The third-order valence-corrected chi connectivity index (χ3v) is 6.70. The Morgan fingerprint density at radius 1 is 1.26 bits per heavy atom. The molecule has 3 aromatic rings. The van der Waals surface area contributed by atoms with E-state index in [1.165, 1.54) is 0 Å². The minimum absolute atomic E-state index is 0.157. The van der Waals surface area contributed by atoms with Gasteiger partial charge in [-0.3, -0.25) is 4.98 Å². The van der Waals surface area contributed by atoms with Gasteiger partial charge in [0.05, 0.1) is 16.1 Å². The number of aromatic nitrogens is 2. The summed E-state index contributed by atoms with van der Waals surface area (Å²) in [5.41, 5.74) is 8.88. The van der Waals surface area contributed by atoms with Crippen LogP contribution in [0.5, 0.6) is 0 Å². The Morgan fingerprint density at radius 2 is 2.07 bits per heavy atom. The second-order valence-corrected chi connectivity index (χ2v) is 8.75. The summed E-state index contributed by atoms with van der Waals surface area (Å²) in [4.78, 5) is 4.56. The molecule has 0 bridgehead atoms. The summed E-state index contributed by atoms with van der Waals surface area (Å²) in [6.45, 7) is 3.64. The lowest BCUT2D eigenvalue weighted by Crippen LogP contribution is -2.43. The predicted molar refractivity (Wildman–Crippen MR) is 103 cm³/mol. The first-order chi connectivity index (χ1) is 12.9. The maximum absolute atomic E-state index is 13.2. The zero-order valence-corrected chi connectivity index (χ0v) is 16.1. The predicted octanol–water partition coefficient (Wildman–Crippen LogP) is 2.66. The number of aryl methyl sites for hydroxylation is 2. The standard InChI is InChI=1S/C19H22N4O3S/c1-11-19(12(2)26-22-11)13-9-17-14(5-4-8-21-17)18(10-13)27(24,25)23-16-7-3-6-15(16)20/h4-5,8-10,15-16,23H,3,6-7,20H2,1-2H3/t15-,16-/m1/s1. The molecule has 27 heavy (non-hydrogen) atoms. The minimum Gasteiger partial charge on any atom is -0.361 e. The van der Waals surface area contributed by atoms with Gasteiger partial charge in [0.2, 0.25) is 10.0 Å². The normalized spacial score (nSPS) is 20.4. The molecule has 1 aliphatic rings. The van der Waals surface area contributed by atoms with E-state index in [1.54, 1.807) is 24.4 Å². The van der Waals surface area contributed by atoms with Gasteiger partial charge in [0.25, 0.3) is 0 Å². The third kappa shape index (κ3) is 3.24. The highest BCUT2D eigenvalue weighted by molar-refractivity contribution is 7.89. The van der Waals surface area contributed by atoms with Gasteiger partial charge < -0.3 is 10.3 Å². The zero-order chi connectivity index (χ0) is 19.2. The fourth-order valence-corrected chi connectivity index (χ4v) is 5.37. The van der Waals surface area contributed by atoms with Crippen molar-refractivity contribution in [3.63, 3.8) is 0 Å². The number of rotatable bonds is 4. The summed E-state index contributed by atoms with van der Waals surface area (Å²) in [6, 6.07) is 6.63. The van der Waals surface area contributed by atoms with Crippen LogP contribution in [0.1, 0.15) is 30.7 Å². The molecule has 8 heteroatoms. The second-order valence-electron chi connectivity index (χ2n) is 7.07. The van der Waals surface area contributed by atoms with Crippen LogP contribution in [0.3, 0.4) is 0 Å². The molecule has 1 fully saturated rings. The van der Waals surface area contributed by atoms with Crippen LogP contribution in [0.15, 0.2) is 39.9 Å². The van der Waals surface area contributed by atoms with Crippen molar-refractivity contribution in [2.24, 2.45) is 5.73 Å². The molecule has 1 aromatic carbocycles. The summed E-state index contributed by atoms with van der Waals surface area (Å²) in [5, 5.41) is 4.56. The highest BCUT2D eigenvalue weighted by Gasteiger charge is 2.30. The third-order valence-electron chi connectivity index (χ3n) is 5.17. The van der Waals surface area contributed by atoms with E-state index in [-0.39, 0.29) is 17.0 Å². The number of pyridine rings is 1. The fourth-order valence-electron chi connectivity index (χ4n) is 3.81. The number of fused-ring (bicyclic) bond motifs is 1. The highest BCUT2D eigenvalue weighted by Crippen LogP contribution is 2.33. The summed E-state index contributed by atoms with van der Waals surface area (Å²) in [7, 11) is -3.76. The largest absolute Gasteiger partial charge is 0.361 e. The van der Waals surface area contributed by atoms with E-state index >= 15 is 0 Å². The molecule has 4 rings (SSSR count). The number of nitrogens with two attached hydrogens (primary N) is 1. The molecule has 3 N–H and O–H groups in total. The Kier molecular flexibility index (Phi) is 4.49. The van der Waals surface area contributed by atoms with Crippen LogP contribution in [0.4, 0.5) is 0 Å². The molecule has 7 nitrogen and oxygen atoms in total. The van der Waals surface area contributed by atoms with Gasteiger partial charge >= 0.3 is 0 Å². The average molecular weight is 386 g/mol. The van der Waals surface area contributed by atoms with Gasteiger partial charge in [-0.1, -0.05) is 11.6 Å². The molecular weight excluding hydrogens is 364 g/mol. The van der Waals surface area contributed by atoms with Crippen molar-refractivity contribution in [2.45, 2.75) is 50.1 Å². The lowest BCUT2D eigenvalue weighted by atomic mass is 10.0. The van der Waals surface area contributed by atoms with Crippen molar-refractivity contribution >= 4 is 20.9 Å². The lowest BCUT2D eigenvalue weighted by Gasteiger charge is -2.18. The van der Waals surface area contributed by atoms with Gasteiger partial charge in [0.15, 0.2) is 0 Å². The first-order valence-corrected chi connectivity index (χ1v) is 10.4.